The molecule has 0 spiro atoms. The van der Waals surface area contributed by atoms with Crippen molar-refractivity contribution in [2.24, 2.45) is 0 Å². The lowest BCUT2D eigenvalue weighted by Crippen LogP contribution is -2.29. The highest BCUT2D eigenvalue weighted by Crippen LogP contribution is 2.37. The normalized spacial score (nSPS) is 12.8. The largest absolute Gasteiger partial charge is 0.460 e. The number of tetrazole rings is 2. The monoisotopic (exact) mass is 913 g/mol. The molecule has 0 radical (unpaired) electrons. The summed E-state index contributed by atoms with van der Waals surface area (Å²) in [6.45, 7) is 3.58. The first-order valence-electron chi connectivity index (χ1n) is 20.8. The van der Waals surface area contributed by atoms with E-state index in [0.29, 0.717) is 40.0 Å². The number of hydrogen-bond acceptors (Lipinski definition) is 16. The molecular weight excluding hydrogens is 869 g/mol. The van der Waals surface area contributed by atoms with Crippen LogP contribution in [0, 0.1) is 6.08 Å². The van der Waals surface area contributed by atoms with Crippen molar-refractivity contribution in [3.05, 3.63) is 209 Å². The van der Waals surface area contributed by atoms with Crippen LogP contribution in [-0.2, 0) is 37.1 Å². The number of aldehydes is 1. The molecule has 342 valence electrons. The molecule has 9 rings (SSSR count). The Bertz CT molecular complexity index is 2870. The number of ether oxygens (including phenoxy) is 4. The number of nitrogen functional groups attached to an aromatic ring is 1. The molecular formula is C50H45N10O8+. The Kier molecular flexibility index (Phi) is 17.8. The number of anilines is 2. The third kappa shape index (κ3) is 15.1. The standard InChI is InChI=1S/C25H21N5O3.C13H9O2.C11H12O3.CH3N5/c1-17-22(24(31)32-16-18-9-4-2-5-10-18)23(30-25(26-17)27-28-29-30)19-11-8-14-21(15-19)33-20-12-6-3-7-13-20;14-10-11-5-4-8-13(9-11)15-12-6-2-1-3-7-12;1-9(12)7-11(13)14-8-10-5-3-2-4-6-10;2-1-3-5-6-4-1/h2-15,23H,16H2,1H3,(H,26,27,29);1-2,4-10H;2-6H,7-8H2,1H3;(H3,2,3,4,5,6)/q;+1;;. The van der Waals surface area contributed by atoms with Crippen molar-refractivity contribution in [3.63, 3.8) is 0 Å². The molecule has 2 aliphatic rings. The maximum absolute atomic E-state index is 13.2. The first-order chi connectivity index (χ1) is 33.1. The first kappa shape index (κ1) is 48.1. The molecule has 18 heteroatoms. The minimum Gasteiger partial charge on any atom is -0.460 e. The summed E-state index contributed by atoms with van der Waals surface area (Å²) < 4.78 is 23.6. The second-order valence-electron chi connectivity index (χ2n) is 14.4. The summed E-state index contributed by atoms with van der Waals surface area (Å²) in [6, 6.07) is 42.4. The van der Waals surface area contributed by atoms with E-state index in [-0.39, 0.29) is 31.4 Å². The number of hydrogen-bond donors (Lipinski definition) is 3. The number of fused-ring (bicyclic) bond motifs is 1. The molecule has 7 aromatic rings. The molecule has 0 amide bonds. The predicted octanol–water partition coefficient (Wildman–Crippen LogP) is 7.68. The fourth-order valence-electron chi connectivity index (χ4n) is 6.15. The fourth-order valence-corrected chi connectivity index (χ4v) is 6.15. The van der Waals surface area contributed by atoms with Crippen molar-refractivity contribution in [3.8, 4) is 17.2 Å². The van der Waals surface area contributed by atoms with Crippen LogP contribution in [0.3, 0.4) is 0 Å². The second kappa shape index (κ2) is 25.2. The molecule has 5 aromatic carbocycles. The van der Waals surface area contributed by atoms with Gasteiger partial charge >= 0.3 is 11.9 Å². The van der Waals surface area contributed by atoms with E-state index in [9.17, 15) is 19.2 Å². The van der Waals surface area contributed by atoms with Gasteiger partial charge < -0.3 is 30.0 Å². The van der Waals surface area contributed by atoms with Gasteiger partial charge in [0.05, 0.1) is 17.7 Å². The van der Waals surface area contributed by atoms with E-state index in [1.54, 1.807) is 41.1 Å². The number of H-pyrrole nitrogens is 1. The van der Waals surface area contributed by atoms with Crippen molar-refractivity contribution in [1.82, 2.24) is 40.8 Å². The number of Topliss-reactive ketones (excluding diaryl/α,β-unsaturated/α-hetero) is 1. The van der Waals surface area contributed by atoms with Crippen molar-refractivity contribution in [2.75, 3.05) is 11.1 Å². The van der Waals surface area contributed by atoms with Crippen LogP contribution in [0.1, 0.15) is 53.4 Å². The summed E-state index contributed by atoms with van der Waals surface area (Å²) >= 11 is 0. The maximum Gasteiger partial charge on any atom is 0.338 e. The summed E-state index contributed by atoms with van der Waals surface area (Å²) in [6.07, 6.45) is 10.8. The molecule has 1 aliphatic carbocycles. The second-order valence-corrected chi connectivity index (χ2v) is 14.4. The van der Waals surface area contributed by atoms with Crippen molar-refractivity contribution >= 4 is 35.9 Å². The molecule has 0 saturated heterocycles. The van der Waals surface area contributed by atoms with Gasteiger partial charge in [0.15, 0.2) is 0 Å². The number of nitrogens with one attached hydrogen (secondary N) is 2. The van der Waals surface area contributed by atoms with Crippen LogP contribution in [0.25, 0.3) is 0 Å². The zero-order valence-corrected chi connectivity index (χ0v) is 36.8. The predicted molar refractivity (Wildman–Crippen MR) is 249 cm³/mol. The Balaban J connectivity index is 0.000000179. The van der Waals surface area contributed by atoms with Crippen LogP contribution < -0.4 is 20.5 Å². The lowest BCUT2D eigenvalue weighted by Gasteiger charge is -2.27. The van der Waals surface area contributed by atoms with Gasteiger partial charge in [0.1, 0.15) is 67.1 Å². The number of nitrogens with zero attached hydrogens (tertiary/aromatic N) is 7. The zero-order chi connectivity index (χ0) is 47.9. The van der Waals surface area contributed by atoms with E-state index < -0.39 is 18.0 Å². The van der Waals surface area contributed by atoms with Crippen molar-refractivity contribution < 1.29 is 38.1 Å². The number of benzene rings is 5. The number of ketones is 1. The number of allylic oxidation sites excluding steroid dienone is 6. The van der Waals surface area contributed by atoms with E-state index in [1.165, 1.54) is 6.92 Å². The Morgan fingerprint density at radius 2 is 1.43 bits per heavy atom. The molecule has 1 aliphatic heterocycles. The number of carbonyl (C=O) groups is 4. The van der Waals surface area contributed by atoms with Crippen LogP contribution in [0.15, 0.2) is 181 Å². The van der Waals surface area contributed by atoms with Crippen LogP contribution in [0.2, 0.25) is 0 Å². The molecule has 2 aromatic heterocycles. The smallest absolute Gasteiger partial charge is 0.338 e. The van der Waals surface area contributed by atoms with E-state index in [2.05, 4.69) is 47.5 Å². The third-order valence-electron chi connectivity index (χ3n) is 9.21. The van der Waals surface area contributed by atoms with E-state index >= 15 is 0 Å². The third-order valence-corrected chi connectivity index (χ3v) is 9.21. The Morgan fingerprint density at radius 3 is 2.03 bits per heavy atom. The molecule has 0 saturated carbocycles. The summed E-state index contributed by atoms with van der Waals surface area (Å²) in [4.78, 5) is 45.3. The number of aromatic nitrogens is 8. The van der Waals surface area contributed by atoms with Crippen molar-refractivity contribution in [1.29, 1.82) is 0 Å². The van der Waals surface area contributed by atoms with Crippen LogP contribution in [-0.4, -0.2) is 64.8 Å². The molecule has 0 bridgehead atoms. The van der Waals surface area contributed by atoms with E-state index in [4.69, 9.17) is 24.7 Å². The van der Waals surface area contributed by atoms with E-state index in [1.807, 2.05) is 134 Å². The molecule has 0 fully saturated rings. The van der Waals surface area contributed by atoms with E-state index in [0.717, 1.165) is 28.7 Å². The van der Waals surface area contributed by atoms with Gasteiger partial charge in [0, 0.05) is 17.3 Å². The van der Waals surface area contributed by atoms with Crippen LogP contribution >= 0.6 is 0 Å². The van der Waals surface area contributed by atoms with Gasteiger partial charge in [-0.15, -0.1) is 5.10 Å². The first-order valence-corrected chi connectivity index (χ1v) is 20.8. The highest BCUT2D eigenvalue weighted by molar-refractivity contribution is 5.94. The quantitative estimate of drug-likeness (QED) is 0.0435. The number of rotatable bonds is 13. The summed E-state index contributed by atoms with van der Waals surface area (Å²) in [5.41, 5.74) is 9.26. The topological polar surface area (TPSA) is 241 Å². The summed E-state index contributed by atoms with van der Waals surface area (Å²) in [7, 11) is 0. The Labute approximate surface area is 390 Å². The van der Waals surface area contributed by atoms with Crippen LogP contribution in [0.5, 0.6) is 17.2 Å². The minimum absolute atomic E-state index is 0.146. The SMILES string of the molecule is CC(=O)CC(=O)OCc1ccccc1.CC1=C(C(=O)OCc2ccccc2)C(c2cccc(Oc3ccccc3)c2)n2nnnc2N1.Nc1nn[nH]n1.O=Cc1cccc(OC2=CC=C[C+]=C2)c1. The number of esters is 2. The van der Waals surface area contributed by atoms with Gasteiger partial charge in [-0.1, -0.05) is 113 Å². The van der Waals surface area contributed by atoms with Gasteiger partial charge in [-0.2, -0.15) is 9.90 Å². The molecule has 4 N–H and O–H groups in total. The molecule has 3 heterocycles. The van der Waals surface area contributed by atoms with Gasteiger partial charge in [0.2, 0.25) is 11.7 Å². The lowest BCUT2D eigenvalue weighted by atomic mass is 9.95. The average Bonchev–Trinajstić information content (AvgIpc) is 4.05. The Hall–Kier alpha value is -9.41. The molecule has 1 atom stereocenters. The number of para-hydroxylation sites is 1. The molecule has 68 heavy (non-hydrogen) atoms. The molecule has 1 unspecified atom stereocenters. The number of aromatic amines is 1. The minimum atomic E-state index is -0.571. The molecule has 18 nitrogen and oxygen atoms in total. The average molecular weight is 914 g/mol. The fraction of sp³-hybridized carbons (Fsp3) is 0.120. The summed E-state index contributed by atoms with van der Waals surface area (Å²) in [5.74, 6) is 2.26. The van der Waals surface area contributed by atoms with Crippen molar-refractivity contribution in [2.45, 2.75) is 39.5 Å². The highest BCUT2D eigenvalue weighted by Gasteiger charge is 2.35. The number of nitrogens with two attached hydrogens (primary N) is 1. The highest BCUT2D eigenvalue weighted by atomic mass is 16.5. The lowest BCUT2D eigenvalue weighted by molar-refractivity contribution is -0.147. The van der Waals surface area contributed by atoms with Gasteiger partial charge in [-0.05, 0) is 82.6 Å². The van der Waals surface area contributed by atoms with Gasteiger partial charge in [0.25, 0.3) is 5.95 Å². The van der Waals surface area contributed by atoms with Gasteiger partial charge in [-0.3, -0.25) is 14.4 Å². The van der Waals surface area contributed by atoms with Gasteiger partial charge in [-0.25, -0.2) is 4.79 Å². The maximum atomic E-state index is 13.2. The Morgan fingerprint density at radius 1 is 0.779 bits per heavy atom. The van der Waals surface area contributed by atoms with Crippen LogP contribution in [0.4, 0.5) is 11.9 Å². The zero-order valence-electron chi connectivity index (χ0n) is 36.8. The number of carbonyl (C=O) groups excluding carboxylic acids is 4. The summed E-state index contributed by atoms with van der Waals surface area (Å²) in [5, 5.41) is 27.1.